The van der Waals surface area contributed by atoms with Crippen LogP contribution in [0.25, 0.3) is 0 Å². The fraction of sp³-hybridized carbons (Fsp3) is 0.667. The van der Waals surface area contributed by atoms with Crippen molar-refractivity contribution in [2.45, 2.75) is 39.3 Å². The molecule has 1 aliphatic heterocycles. The molecule has 23 heavy (non-hydrogen) atoms. The molecule has 1 fully saturated rings. The van der Waals surface area contributed by atoms with E-state index in [-0.39, 0.29) is 0 Å². The molecule has 0 bridgehead atoms. The van der Waals surface area contributed by atoms with Gasteiger partial charge in [0.05, 0.1) is 31.5 Å². The van der Waals surface area contributed by atoms with Crippen LogP contribution in [0, 0.1) is 6.92 Å². The zero-order chi connectivity index (χ0) is 16.4. The molecular formula is C15H23N5O2S. The molecule has 3 heterocycles. The number of hydrogen-bond acceptors (Lipinski definition) is 7. The first-order valence-corrected chi connectivity index (χ1v) is 8.72. The van der Waals surface area contributed by atoms with E-state index in [2.05, 4.69) is 20.2 Å². The summed E-state index contributed by atoms with van der Waals surface area (Å²) >= 11 is 1.52. The van der Waals surface area contributed by atoms with Crippen LogP contribution < -0.4 is 9.47 Å². The van der Waals surface area contributed by atoms with Gasteiger partial charge in [-0.2, -0.15) is 5.10 Å². The van der Waals surface area contributed by atoms with Crippen molar-refractivity contribution in [1.82, 2.24) is 24.9 Å². The summed E-state index contributed by atoms with van der Waals surface area (Å²) in [5.74, 6) is 0.853. The lowest BCUT2D eigenvalue weighted by molar-refractivity contribution is 0.240. The topological polar surface area (TPSA) is 65.3 Å². The minimum absolute atomic E-state index is 0.318. The highest BCUT2D eigenvalue weighted by atomic mass is 32.1. The molecule has 8 heteroatoms. The van der Waals surface area contributed by atoms with E-state index in [1.54, 1.807) is 7.11 Å². The number of nitrogens with zero attached hydrogens (tertiary/aromatic N) is 5. The van der Waals surface area contributed by atoms with E-state index in [4.69, 9.17) is 9.47 Å². The van der Waals surface area contributed by atoms with Crippen molar-refractivity contribution >= 4 is 11.3 Å². The third kappa shape index (κ3) is 3.18. The molecule has 7 nitrogen and oxygen atoms in total. The molecule has 0 aromatic carbocycles. The van der Waals surface area contributed by atoms with Crippen LogP contribution in [0.5, 0.6) is 11.1 Å². The van der Waals surface area contributed by atoms with Crippen molar-refractivity contribution in [3.63, 3.8) is 0 Å². The molecule has 0 radical (unpaired) electrons. The van der Waals surface area contributed by atoms with E-state index >= 15 is 0 Å². The Labute approximate surface area is 140 Å². The fourth-order valence-electron chi connectivity index (χ4n) is 3.28. The van der Waals surface area contributed by atoms with Gasteiger partial charge in [0.1, 0.15) is 5.01 Å². The Morgan fingerprint density at radius 1 is 1.35 bits per heavy atom. The number of ether oxygens (including phenoxy) is 2. The largest absolute Gasteiger partial charge is 0.481 e. The monoisotopic (exact) mass is 337 g/mol. The number of aromatic nitrogens is 4. The lowest BCUT2D eigenvalue weighted by atomic mass is 10.1. The Balaban J connectivity index is 1.80. The summed E-state index contributed by atoms with van der Waals surface area (Å²) in [7, 11) is 3.63. The SMILES string of the molecule is CCOc1nnc(CN2CCCC2c2c(C)nn(C)c2OC)s1. The highest BCUT2D eigenvalue weighted by molar-refractivity contribution is 7.13. The summed E-state index contributed by atoms with van der Waals surface area (Å²) in [6.45, 7) is 6.45. The molecule has 2 aromatic heterocycles. The molecule has 0 amide bonds. The van der Waals surface area contributed by atoms with Gasteiger partial charge in [0.25, 0.3) is 5.19 Å². The Hall–Kier alpha value is -1.67. The maximum atomic E-state index is 5.57. The van der Waals surface area contributed by atoms with Crippen LogP contribution in [0.15, 0.2) is 0 Å². The predicted molar refractivity (Wildman–Crippen MR) is 88.0 cm³/mol. The first-order chi connectivity index (χ1) is 11.1. The summed E-state index contributed by atoms with van der Waals surface area (Å²) < 4.78 is 12.8. The van der Waals surface area contributed by atoms with Crippen molar-refractivity contribution in [2.75, 3.05) is 20.3 Å². The first-order valence-electron chi connectivity index (χ1n) is 7.90. The predicted octanol–water partition coefficient (Wildman–Crippen LogP) is 2.32. The molecule has 2 aromatic rings. The quantitative estimate of drug-likeness (QED) is 0.806. The van der Waals surface area contributed by atoms with Gasteiger partial charge < -0.3 is 9.47 Å². The Bertz CT molecular complexity index is 669. The van der Waals surface area contributed by atoms with Gasteiger partial charge in [0, 0.05) is 13.1 Å². The van der Waals surface area contributed by atoms with Crippen molar-refractivity contribution < 1.29 is 9.47 Å². The van der Waals surface area contributed by atoms with Crippen LogP contribution >= 0.6 is 11.3 Å². The van der Waals surface area contributed by atoms with Gasteiger partial charge in [-0.25, -0.2) is 4.68 Å². The molecule has 3 rings (SSSR count). The summed E-state index contributed by atoms with van der Waals surface area (Å²) in [4.78, 5) is 2.43. The minimum atomic E-state index is 0.318. The highest BCUT2D eigenvalue weighted by Crippen LogP contribution is 2.39. The second kappa shape index (κ2) is 6.84. The summed E-state index contributed by atoms with van der Waals surface area (Å²) in [5, 5.41) is 14.5. The smallest absolute Gasteiger partial charge is 0.294 e. The van der Waals surface area contributed by atoms with Crippen LogP contribution in [-0.4, -0.2) is 45.1 Å². The van der Waals surface area contributed by atoms with Gasteiger partial charge in [-0.3, -0.25) is 4.90 Å². The van der Waals surface area contributed by atoms with Gasteiger partial charge in [-0.1, -0.05) is 11.3 Å². The van der Waals surface area contributed by atoms with Crippen LogP contribution in [-0.2, 0) is 13.6 Å². The zero-order valence-corrected chi connectivity index (χ0v) is 14.9. The number of methoxy groups -OCH3 is 1. The summed E-state index contributed by atoms with van der Waals surface area (Å²) in [6.07, 6.45) is 2.28. The molecule has 0 aliphatic carbocycles. The molecule has 1 unspecified atom stereocenters. The standard InChI is InChI=1S/C15H23N5O2S/c1-5-22-15-17-16-12(23-15)9-20-8-6-7-11(20)13-10(2)18-19(3)14(13)21-4/h11H,5-9H2,1-4H3. The van der Waals surface area contributed by atoms with Gasteiger partial charge in [-0.15, -0.1) is 10.2 Å². The zero-order valence-electron chi connectivity index (χ0n) is 14.1. The van der Waals surface area contributed by atoms with Crippen LogP contribution in [0.2, 0.25) is 0 Å². The van der Waals surface area contributed by atoms with E-state index in [9.17, 15) is 0 Å². The Morgan fingerprint density at radius 3 is 2.91 bits per heavy atom. The van der Waals surface area contributed by atoms with Crippen molar-refractivity contribution in [3.05, 3.63) is 16.3 Å². The second-order valence-corrected chi connectivity index (χ2v) is 6.68. The minimum Gasteiger partial charge on any atom is -0.481 e. The van der Waals surface area contributed by atoms with E-state index in [1.807, 2.05) is 25.6 Å². The number of rotatable bonds is 6. The third-order valence-corrected chi connectivity index (χ3v) is 4.98. The molecular weight excluding hydrogens is 314 g/mol. The summed E-state index contributed by atoms with van der Waals surface area (Å²) in [5.41, 5.74) is 2.23. The maximum absolute atomic E-state index is 5.57. The van der Waals surface area contributed by atoms with Crippen LogP contribution in [0.1, 0.15) is 42.1 Å². The van der Waals surface area contributed by atoms with Gasteiger partial charge in [-0.05, 0) is 33.2 Å². The highest BCUT2D eigenvalue weighted by Gasteiger charge is 2.32. The average molecular weight is 337 g/mol. The molecule has 0 saturated carbocycles. The van der Waals surface area contributed by atoms with E-state index in [0.717, 1.165) is 36.1 Å². The van der Waals surface area contributed by atoms with E-state index in [0.29, 0.717) is 17.8 Å². The molecule has 1 saturated heterocycles. The first kappa shape index (κ1) is 16.2. The normalized spacial score (nSPS) is 18.5. The summed E-state index contributed by atoms with van der Waals surface area (Å²) in [6, 6.07) is 0.318. The third-order valence-electron chi connectivity index (χ3n) is 4.16. The Kier molecular flexibility index (Phi) is 4.82. The lowest BCUT2D eigenvalue weighted by Crippen LogP contribution is -2.23. The number of aryl methyl sites for hydroxylation is 2. The van der Waals surface area contributed by atoms with Crippen molar-refractivity contribution in [2.24, 2.45) is 7.05 Å². The van der Waals surface area contributed by atoms with Crippen LogP contribution in [0.3, 0.4) is 0 Å². The van der Waals surface area contributed by atoms with E-state index < -0.39 is 0 Å². The lowest BCUT2D eigenvalue weighted by Gasteiger charge is -2.23. The van der Waals surface area contributed by atoms with Gasteiger partial charge in [0.2, 0.25) is 5.88 Å². The molecule has 0 N–H and O–H groups in total. The fourth-order valence-corrected chi connectivity index (χ4v) is 4.05. The Morgan fingerprint density at radius 2 is 2.17 bits per heavy atom. The molecule has 1 aliphatic rings. The molecule has 126 valence electrons. The second-order valence-electron chi connectivity index (χ2n) is 5.66. The van der Waals surface area contributed by atoms with Crippen LogP contribution in [0.4, 0.5) is 0 Å². The maximum Gasteiger partial charge on any atom is 0.294 e. The average Bonchev–Trinajstić information content (AvgIpc) is 3.20. The van der Waals surface area contributed by atoms with E-state index in [1.165, 1.54) is 23.3 Å². The number of hydrogen-bond donors (Lipinski definition) is 0. The van der Waals surface area contributed by atoms with Crippen molar-refractivity contribution in [3.8, 4) is 11.1 Å². The number of likely N-dealkylation sites (tertiary alicyclic amines) is 1. The molecule has 1 atom stereocenters. The van der Waals surface area contributed by atoms with Gasteiger partial charge in [0.15, 0.2) is 0 Å². The molecule has 0 spiro atoms. The van der Waals surface area contributed by atoms with Gasteiger partial charge >= 0.3 is 0 Å². The van der Waals surface area contributed by atoms with Crippen molar-refractivity contribution in [1.29, 1.82) is 0 Å².